The maximum Gasteiger partial charge on any atom is 0.181 e. The summed E-state index contributed by atoms with van der Waals surface area (Å²) in [5, 5.41) is 3.72. The molecule has 0 aliphatic carbocycles. The van der Waals surface area contributed by atoms with Crippen LogP contribution in [0.1, 0.15) is 25.7 Å². The molecule has 2 aliphatic rings. The van der Waals surface area contributed by atoms with Crippen molar-refractivity contribution in [2.24, 2.45) is 0 Å². The number of nitrogens with zero attached hydrogens (tertiary/aromatic N) is 1. The lowest BCUT2D eigenvalue weighted by atomic mass is 10.0. The normalized spacial score (nSPS) is 22.3. The molecule has 0 aromatic heterocycles. The highest BCUT2D eigenvalue weighted by molar-refractivity contribution is 7.92. The number of benzene rings is 1. The summed E-state index contributed by atoms with van der Waals surface area (Å²) < 4.78 is 25.6. The minimum Gasteiger partial charge on any atom is -0.317 e. The lowest BCUT2D eigenvalue weighted by Crippen LogP contribution is -2.48. The molecule has 2 fully saturated rings. The first kappa shape index (κ1) is 17.5. The van der Waals surface area contributed by atoms with Crippen molar-refractivity contribution in [2.45, 2.75) is 41.9 Å². The van der Waals surface area contributed by atoms with Gasteiger partial charge >= 0.3 is 0 Å². The Hall–Kier alpha value is -0.330. The molecule has 0 unspecified atom stereocenters. The molecule has 4 nitrogen and oxygen atoms in total. The Morgan fingerprint density at radius 1 is 1.00 bits per heavy atom. The van der Waals surface area contributed by atoms with Crippen LogP contribution in [0.3, 0.4) is 0 Å². The van der Waals surface area contributed by atoms with E-state index >= 15 is 0 Å². The summed E-state index contributed by atoms with van der Waals surface area (Å²) in [6, 6.07) is 5.19. The molecular formula is C16H22Cl2N2O2S. The molecule has 0 atom stereocenters. The van der Waals surface area contributed by atoms with Crippen LogP contribution in [0.4, 0.5) is 0 Å². The first-order valence-electron chi connectivity index (χ1n) is 8.12. The van der Waals surface area contributed by atoms with Crippen LogP contribution in [-0.2, 0) is 9.84 Å². The molecule has 128 valence electrons. The van der Waals surface area contributed by atoms with Crippen molar-refractivity contribution < 1.29 is 8.42 Å². The van der Waals surface area contributed by atoms with Gasteiger partial charge in [-0.05, 0) is 70.1 Å². The summed E-state index contributed by atoms with van der Waals surface area (Å²) in [6.07, 6.45) is 3.69. The van der Waals surface area contributed by atoms with Crippen molar-refractivity contribution in [3.63, 3.8) is 0 Å². The second kappa shape index (κ2) is 7.28. The molecule has 23 heavy (non-hydrogen) atoms. The van der Waals surface area contributed by atoms with Crippen molar-refractivity contribution >= 4 is 33.0 Å². The van der Waals surface area contributed by atoms with Gasteiger partial charge in [0.15, 0.2) is 9.84 Å². The fraction of sp³-hybridized carbons (Fsp3) is 0.625. The van der Waals surface area contributed by atoms with Crippen molar-refractivity contribution in [1.29, 1.82) is 0 Å². The number of halogens is 2. The number of rotatable bonds is 3. The van der Waals surface area contributed by atoms with Crippen molar-refractivity contribution in [3.8, 4) is 0 Å². The molecule has 1 N–H and O–H groups in total. The molecule has 3 rings (SSSR count). The van der Waals surface area contributed by atoms with E-state index in [0.717, 1.165) is 39.0 Å². The number of hydrogen-bond acceptors (Lipinski definition) is 4. The summed E-state index contributed by atoms with van der Waals surface area (Å²) >= 11 is 11.9. The summed E-state index contributed by atoms with van der Waals surface area (Å²) in [7, 11) is -3.34. The average molecular weight is 377 g/mol. The number of nitrogens with one attached hydrogen (secondary N) is 1. The zero-order chi connectivity index (χ0) is 16.4. The molecule has 0 spiro atoms. The van der Waals surface area contributed by atoms with Crippen LogP contribution in [0.15, 0.2) is 23.1 Å². The van der Waals surface area contributed by atoms with Gasteiger partial charge in [-0.2, -0.15) is 0 Å². The highest BCUT2D eigenvalue weighted by Crippen LogP contribution is 2.30. The summed E-state index contributed by atoms with van der Waals surface area (Å²) in [5.74, 6) is 0. The molecule has 0 amide bonds. The number of sulfone groups is 1. The predicted molar refractivity (Wildman–Crippen MR) is 94.1 cm³/mol. The minimum atomic E-state index is -3.34. The number of piperidine rings is 2. The minimum absolute atomic E-state index is 0.284. The zero-order valence-corrected chi connectivity index (χ0v) is 15.3. The Morgan fingerprint density at radius 2 is 1.65 bits per heavy atom. The largest absolute Gasteiger partial charge is 0.317 e. The van der Waals surface area contributed by atoms with Crippen LogP contribution < -0.4 is 5.32 Å². The summed E-state index contributed by atoms with van der Waals surface area (Å²) in [5.41, 5.74) is 0. The SMILES string of the molecule is O=S(=O)(c1ccc(Cl)c(Cl)c1)C1CCN(C2CCNCC2)CC1. The van der Waals surface area contributed by atoms with Gasteiger partial charge in [0, 0.05) is 6.04 Å². The Bertz CT molecular complexity index is 652. The lowest BCUT2D eigenvalue weighted by Gasteiger charge is -2.39. The monoisotopic (exact) mass is 376 g/mol. The quantitative estimate of drug-likeness (QED) is 0.880. The third-order valence-electron chi connectivity index (χ3n) is 4.96. The maximum absolute atomic E-state index is 12.8. The Kier molecular flexibility index (Phi) is 5.53. The lowest BCUT2D eigenvalue weighted by molar-refractivity contribution is 0.137. The molecular weight excluding hydrogens is 355 g/mol. The first-order chi connectivity index (χ1) is 11.0. The fourth-order valence-electron chi connectivity index (χ4n) is 3.57. The van der Waals surface area contributed by atoms with E-state index in [0.29, 0.717) is 28.9 Å². The highest BCUT2D eigenvalue weighted by atomic mass is 35.5. The van der Waals surface area contributed by atoms with E-state index in [1.807, 2.05) is 0 Å². The molecule has 0 saturated carbocycles. The van der Waals surface area contributed by atoms with E-state index in [1.165, 1.54) is 6.07 Å². The molecule has 0 bridgehead atoms. The van der Waals surface area contributed by atoms with Gasteiger partial charge in [-0.25, -0.2) is 8.42 Å². The molecule has 7 heteroatoms. The van der Waals surface area contributed by atoms with Gasteiger partial charge in [-0.3, -0.25) is 0 Å². The zero-order valence-electron chi connectivity index (χ0n) is 13.0. The summed E-state index contributed by atoms with van der Waals surface area (Å²) in [4.78, 5) is 2.74. The fourth-order valence-corrected chi connectivity index (χ4v) is 5.69. The van der Waals surface area contributed by atoms with Crippen LogP contribution >= 0.6 is 23.2 Å². The van der Waals surface area contributed by atoms with E-state index < -0.39 is 9.84 Å². The van der Waals surface area contributed by atoms with Gasteiger partial charge in [0.1, 0.15) is 0 Å². The van der Waals surface area contributed by atoms with Crippen molar-refractivity contribution in [2.75, 3.05) is 26.2 Å². The van der Waals surface area contributed by atoms with Gasteiger partial charge in [-0.15, -0.1) is 0 Å². The topological polar surface area (TPSA) is 49.4 Å². The third kappa shape index (κ3) is 3.85. The van der Waals surface area contributed by atoms with E-state index in [4.69, 9.17) is 23.2 Å². The van der Waals surface area contributed by atoms with Gasteiger partial charge in [0.2, 0.25) is 0 Å². The number of likely N-dealkylation sites (tertiary alicyclic amines) is 1. The van der Waals surface area contributed by atoms with Crippen LogP contribution in [0, 0.1) is 0 Å². The summed E-state index contributed by atoms with van der Waals surface area (Å²) in [6.45, 7) is 3.84. The second-order valence-electron chi connectivity index (χ2n) is 6.34. The Morgan fingerprint density at radius 3 is 2.26 bits per heavy atom. The number of hydrogen-bond donors (Lipinski definition) is 1. The van der Waals surface area contributed by atoms with Crippen LogP contribution in [0.5, 0.6) is 0 Å². The molecule has 2 aliphatic heterocycles. The van der Waals surface area contributed by atoms with E-state index in [1.54, 1.807) is 12.1 Å². The Labute approximate surface area is 148 Å². The van der Waals surface area contributed by atoms with Crippen molar-refractivity contribution in [3.05, 3.63) is 28.2 Å². The van der Waals surface area contributed by atoms with E-state index in [9.17, 15) is 8.42 Å². The smallest absolute Gasteiger partial charge is 0.181 e. The molecule has 2 saturated heterocycles. The average Bonchev–Trinajstić information content (AvgIpc) is 2.58. The van der Waals surface area contributed by atoms with Gasteiger partial charge < -0.3 is 10.2 Å². The van der Waals surface area contributed by atoms with Crippen molar-refractivity contribution in [1.82, 2.24) is 10.2 Å². The standard InChI is InChI=1S/C16H22Cl2N2O2S/c17-15-2-1-14(11-16(15)18)23(21,22)13-5-9-20(10-6-13)12-3-7-19-8-4-12/h1-2,11-13,19H,3-10H2. The first-order valence-corrected chi connectivity index (χ1v) is 10.4. The second-order valence-corrected chi connectivity index (χ2v) is 9.38. The van der Waals surface area contributed by atoms with E-state index in [2.05, 4.69) is 10.2 Å². The van der Waals surface area contributed by atoms with Crippen LogP contribution in [-0.4, -0.2) is 50.8 Å². The van der Waals surface area contributed by atoms with Gasteiger partial charge in [-0.1, -0.05) is 23.2 Å². The molecule has 0 radical (unpaired) electrons. The highest BCUT2D eigenvalue weighted by Gasteiger charge is 2.33. The van der Waals surface area contributed by atoms with Gasteiger partial charge in [0.25, 0.3) is 0 Å². The maximum atomic E-state index is 12.8. The molecule has 2 heterocycles. The molecule has 1 aromatic carbocycles. The molecule has 1 aromatic rings. The van der Waals surface area contributed by atoms with Gasteiger partial charge in [0.05, 0.1) is 20.2 Å². The predicted octanol–water partition coefficient (Wildman–Crippen LogP) is 2.98. The van der Waals surface area contributed by atoms with Crippen LogP contribution in [0.25, 0.3) is 0 Å². The van der Waals surface area contributed by atoms with E-state index in [-0.39, 0.29) is 10.1 Å². The Balaban J connectivity index is 1.67. The third-order valence-corrected chi connectivity index (χ3v) is 7.96. The van der Waals surface area contributed by atoms with Crippen LogP contribution in [0.2, 0.25) is 10.0 Å².